The molecule has 5 rings (SSSR count). The number of hydrogen-bond donors (Lipinski definition) is 3. The highest BCUT2D eigenvalue weighted by Crippen LogP contribution is 2.38. The van der Waals surface area contributed by atoms with E-state index in [1.54, 1.807) is 4.68 Å². The number of nitrogens with one attached hydrogen (secondary N) is 3. The van der Waals surface area contributed by atoms with E-state index >= 15 is 0 Å². The summed E-state index contributed by atoms with van der Waals surface area (Å²) in [5, 5.41) is 14.2. The lowest BCUT2D eigenvalue weighted by molar-refractivity contribution is -0.148. The van der Waals surface area contributed by atoms with Crippen LogP contribution in [0.5, 0.6) is 0 Å². The lowest BCUT2D eigenvalue weighted by atomic mass is 9.76. The van der Waals surface area contributed by atoms with E-state index < -0.39 is 18.1 Å². The molecule has 0 aliphatic carbocycles. The molecular weight excluding hydrogens is 518 g/mol. The Hall–Kier alpha value is -3.98. The third-order valence-corrected chi connectivity index (χ3v) is 7.91. The van der Waals surface area contributed by atoms with Gasteiger partial charge in [-0.3, -0.25) is 14.9 Å². The van der Waals surface area contributed by atoms with E-state index in [-0.39, 0.29) is 29.5 Å². The van der Waals surface area contributed by atoms with Crippen LogP contribution in [0.15, 0.2) is 54.6 Å². The maximum atomic E-state index is 13.8. The van der Waals surface area contributed by atoms with Crippen LogP contribution in [0.1, 0.15) is 69.2 Å². The van der Waals surface area contributed by atoms with Gasteiger partial charge >= 0.3 is 12.0 Å². The van der Waals surface area contributed by atoms with Gasteiger partial charge in [0.15, 0.2) is 11.9 Å². The molecule has 1 aromatic heterocycles. The van der Waals surface area contributed by atoms with Crippen molar-refractivity contribution < 1.29 is 19.1 Å². The van der Waals surface area contributed by atoms with Gasteiger partial charge in [0.1, 0.15) is 5.82 Å². The fourth-order valence-corrected chi connectivity index (χ4v) is 5.61. The van der Waals surface area contributed by atoms with E-state index in [4.69, 9.17) is 9.84 Å². The molecule has 2 atom stereocenters. The van der Waals surface area contributed by atoms with E-state index in [0.29, 0.717) is 17.9 Å². The predicted molar refractivity (Wildman–Crippen MR) is 159 cm³/mol. The van der Waals surface area contributed by atoms with Gasteiger partial charge < -0.3 is 15.4 Å². The average Bonchev–Trinajstić information content (AvgIpc) is 3.57. The Morgan fingerprint density at radius 3 is 2.39 bits per heavy atom. The maximum Gasteiger partial charge on any atom is 0.324 e. The van der Waals surface area contributed by atoms with Gasteiger partial charge in [0.2, 0.25) is 0 Å². The minimum Gasteiger partial charge on any atom is -0.454 e. The number of carbonyl (C=O) groups excluding carboxylic acids is 3. The van der Waals surface area contributed by atoms with Crippen molar-refractivity contribution in [3.8, 4) is 5.69 Å². The first-order valence-electron chi connectivity index (χ1n) is 14.4. The van der Waals surface area contributed by atoms with E-state index in [1.165, 1.54) is 0 Å². The van der Waals surface area contributed by atoms with E-state index in [9.17, 15) is 14.4 Å². The first kappa shape index (κ1) is 28.5. The summed E-state index contributed by atoms with van der Waals surface area (Å²) in [5.74, 6) is -0.304. The fraction of sp³-hybridized carbons (Fsp3) is 0.438. The van der Waals surface area contributed by atoms with Crippen molar-refractivity contribution in [1.29, 1.82) is 0 Å². The number of carbonyl (C=O) groups is 3. The summed E-state index contributed by atoms with van der Waals surface area (Å²) < 4.78 is 7.13. The van der Waals surface area contributed by atoms with Crippen molar-refractivity contribution in [1.82, 2.24) is 15.1 Å². The molecule has 0 bridgehead atoms. The minimum absolute atomic E-state index is 0.0753. The zero-order valence-corrected chi connectivity index (χ0v) is 24.2. The van der Waals surface area contributed by atoms with Gasteiger partial charge in [-0.15, -0.1) is 0 Å². The summed E-state index contributed by atoms with van der Waals surface area (Å²) in [6.07, 6.45) is 1.55. The fourth-order valence-electron chi connectivity index (χ4n) is 5.61. The summed E-state index contributed by atoms with van der Waals surface area (Å²) in [6.45, 7) is 9.88. The van der Waals surface area contributed by atoms with Gasteiger partial charge in [-0.25, -0.2) is 9.48 Å². The number of urea groups is 1. The second-order valence-electron chi connectivity index (χ2n) is 12.1. The van der Waals surface area contributed by atoms with Crippen molar-refractivity contribution in [3.05, 3.63) is 71.4 Å². The summed E-state index contributed by atoms with van der Waals surface area (Å²) in [6, 6.07) is 16.8. The van der Waals surface area contributed by atoms with Crippen LogP contribution < -0.4 is 16.0 Å². The number of aryl methyl sites for hydroxylation is 1. The number of aromatic nitrogens is 2. The zero-order valence-electron chi connectivity index (χ0n) is 24.2. The van der Waals surface area contributed by atoms with Crippen molar-refractivity contribution in [3.63, 3.8) is 0 Å². The molecule has 9 nitrogen and oxygen atoms in total. The van der Waals surface area contributed by atoms with Crippen molar-refractivity contribution >= 4 is 29.3 Å². The lowest BCUT2D eigenvalue weighted by Gasteiger charge is -2.32. The van der Waals surface area contributed by atoms with Gasteiger partial charge in [-0.05, 0) is 62.5 Å². The first-order chi connectivity index (χ1) is 19.6. The molecule has 0 spiro atoms. The topological polar surface area (TPSA) is 114 Å². The Balaban J connectivity index is 1.43. The monoisotopic (exact) mass is 557 g/mol. The third-order valence-electron chi connectivity index (χ3n) is 7.91. The SMILES string of the molecule is Cc1ccc(-n2nc(C(C)(C)C)cc2NC(=O)Nc2ccccc2C(C(=O)C2CCC(=O)O2)C2CCNCC2)cc1. The molecule has 2 fully saturated rings. The molecule has 2 aliphatic heterocycles. The Kier molecular flexibility index (Phi) is 8.26. The third kappa shape index (κ3) is 6.51. The number of rotatable bonds is 7. The van der Waals surface area contributed by atoms with Gasteiger partial charge in [0.25, 0.3) is 0 Å². The van der Waals surface area contributed by atoms with Gasteiger partial charge in [-0.2, -0.15) is 5.10 Å². The lowest BCUT2D eigenvalue weighted by Crippen LogP contribution is -2.37. The van der Waals surface area contributed by atoms with E-state index in [2.05, 4.69) is 36.7 Å². The van der Waals surface area contributed by atoms with Crippen LogP contribution in [-0.4, -0.2) is 46.8 Å². The number of benzene rings is 2. The highest BCUT2D eigenvalue weighted by Gasteiger charge is 2.40. The Morgan fingerprint density at radius 1 is 1.02 bits per heavy atom. The highest BCUT2D eigenvalue weighted by molar-refractivity contribution is 6.01. The summed E-state index contributed by atoms with van der Waals surface area (Å²) in [4.78, 5) is 39.1. The predicted octanol–water partition coefficient (Wildman–Crippen LogP) is 5.48. The Bertz CT molecular complexity index is 1420. The number of hydrogen-bond acceptors (Lipinski definition) is 6. The second-order valence-corrected chi connectivity index (χ2v) is 12.1. The van der Waals surface area contributed by atoms with Crippen LogP contribution in [0.4, 0.5) is 16.3 Å². The van der Waals surface area contributed by atoms with Crippen LogP contribution in [0.3, 0.4) is 0 Å². The standard InChI is InChI=1S/C32H39N5O4/c1-20-9-11-22(12-10-20)37-27(19-26(36-37)32(2,3)4)35-31(40)34-24-8-6-5-7-23(24)29(21-15-17-33-18-16-21)30(39)25-13-14-28(38)41-25/h5-12,19,21,25,29,33H,13-18H2,1-4H3,(H2,34,35,40). The van der Waals surface area contributed by atoms with Crippen LogP contribution >= 0.6 is 0 Å². The van der Waals surface area contributed by atoms with Crippen LogP contribution in [0.25, 0.3) is 5.69 Å². The number of Topliss-reactive ketones (excluding diaryl/α,β-unsaturated/α-hetero) is 1. The van der Waals surface area contributed by atoms with Crippen molar-refractivity contribution in [2.75, 3.05) is 23.7 Å². The number of anilines is 2. The van der Waals surface area contributed by atoms with Gasteiger partial charge in [0.05, 0.1) is 17.3 Å². The largest absolute Gasteiger partial charge is 0.454 e. The number of esters is 1. The van der Waals surface area contributed by atoms with Gasteiger partial charge in [-0.1, -0.05) is 56.7 Å². The minimum atomic E-state index is -0.746. The van der Waals surface area contributed by atoms with Crippen LogP contribution in [0, 0.1) is 12.8 Å². The molecule has 41 heavy (non-hydrogen) atoms. The number of cyclic esters (lactones) is 1. The van der Waals surface area contributed by atoms with E-state index in [0.717, 1.165) is 48.4 Å². The molecule has 2 saturated heterocycles. The number of amides is 2. The molecule has 2 amide bonds. The summed E-state index contributed by atoms with van der Waals surface area (Å²) in [5.41, 5.74) is 3.89. The van der Waals surface area contributed by atoms with Crippen LogP contribution in [0.2, 0.25) is 0 Å². The number of ketones is 1. The molecule has 0 saturated carbocycles. The molecule has 3 N–H and O–H groups in total. The molecule has 9 heteroatoms. The summed E-state index contributed by atoms with van der Waals surface area (Å²) >= 11 is 0. The van der Waals surface area contributed by atoms with Gasteiger partial charge in [0, 0.05) is 30.0 Å². The normalized spacial score (nSPS) is 18.5. The van der Waals surface area contributed by atoms with Crippen LogP contribution in [-0.2, 0) is 19.7 Å². The molecule has 2 aliphatic rings. The van der Waals surface area contributed by atoms with Crippen molar-refractivity contribution in [2.24, 2.45) is 5.92 Å². The smallest absolute Gasteiger partial charge is 0.324 e. The molecule has 216 valence electrons. The number of para-hydroxylation sites is 1. The number of piperidine rings is 1. The molecule has 3 heterocycles. The molecular formula is C32H39N5O4. The second kappa shape index (κ2) is 11.9. The molecule has 2 unspecified atom stereocenters. The van der Waals surface area contributed by atoms with E-state index in [1.807, 2.05) is 61.5 Å². The number of nitrogens with zero attached hydrogens (tertiary/aromatic N) is 2. The number of ether oxygens (including phenoxy) is 1. The molecule has 3 aromatic rings. The Labute approximate surface area is 241 Å². The Morgan fingerprint density at radius 2 is 1.73 bits per heavy atom. The summed E-state index contributed by atoms with van der Waals surface area (Å²) in [7, 11) is 0. The molecule has 0 radical (unpaired) electrons. The first-order valence-corrected chi connectivity index (χ1v) is 14.4. The highest BCUT2D eigenvalue weighted by atomic mass is 16.6. The maximum absolute atomic E-state index is 13.8. The molecule has 2 aromatic carbocycles. The van der Waals surface area contributed by atoms with Crippen molar-refractivity contribution in [2.45, 2.75) is 70.8 Å². The average molecular weight is 558 g/mol. The zero-order chi connectivity index (χ0) is 29.1. The quantitative estimate of drug-likeness (QED) is 0.332.